The number of ether oxygens (including phenoxy) is 2. The van der Waals surface area contributed by atoms with E-state index in [0.717, 1.165) is 34.3 Å². The Kier molecular flexibility index (Phi) is 7.85. The zero-order valence-corrected chi connectivity index (χ0v) is 26.9. The second kappa shape index (κ2) is 12.0. The molecule has 47 heavy (non-hydrogen) atoms. The fraction of sp³-hybridized carbons (Fsp3) is 0.257. The third kappa shape index (κ3) is 5.27. The quantitative estimate of drug-likeness (QED) is 0.144. The van der Waals surface area contributed by atoms with Crippen molar-refractivity contribution in [3.8, 4) is 39.5 Å². The van der Waals surface area contributed by atoms with Crippen LogP contribution in [0.5, 0.6) is 5.75 Å². The Bertz CT molecular complexity index is 2090. The standard InChI is InChI=1S/C35H31F2N5O4S/c1-5-29(43)41-18-23-15-27(39-42(23)16-19(41)2)33-31(30-26(37)13-22(36)14-28(30)46-10-9-45-4)34-25(8-11-47-34)32(38-33)20-6-7-24-21(12-20)17-40(3)35(24)44/h5-8,11-15,19H,1,9-10,16-18H2,2-4H3/t19-/m1/s1. The number of benzene rings is 2. The van der Waals surface area contributed by atoms with E-state index in [1.807, 2.05) is 47.3 Å². The van der Waals surface area contributed by atoms with Crippen molar-refractivity contribution in [1.29, 1.82) is 0 Å². The van der Waals surface area contributed by atoms with E-state index in [0.29, 0.717) is 52.5 Å². The van der Waals surface area contributed by atoms with Crippen LogP contribution in [-0.2, 0) is 29.2 Å². The maximum Gasteiger partial charge on any atom is 0.254 e. The van der Waals surface area contributed by atoms with Gasteiger partial charge in [0.2, 0.25) is 5.91 Å². The minimum atomic E-state index is -0.803. The van der Waals surface area contributed by atoms with E-state index >= 15 is 4.39 Å². The molecule has 0 bridgehead atoms. The summed E-state index contributed by atoms with van der Waals surface area (Å²) in [7, 11) is 3.28. The van der Waals surface area contributed by atoms with Crippen molar-refractivity contribution in [2.45, 2.75) is 32.6 Å². The number of methoxy groups -OCH3 is 1. The van der Waals surface area contributed by atoms with Gasteiger partial charge in [-0.15, -0.1) is 11.3 Å². The highest BCUT2D eigenvalue weighted by Gasteiger charge is 2.31. The summed E-state index contributed by atoms with van der Waals surface area (Å²) in [5.74, 6) is -1.78. The van der Waals surface area contributed by atoms with Crippen LogP contribution in [0.15, 0.2) is 60.5 Å². The van der Waals surface area contributed by atoms with Gasteiger partial charge in [-0.05, 0) is 48.2 Å². The number of carbonyl (C=O) groups is 2. The van der Waals surface area contributed by atoms with Gasteiger partial charge in [-0.1, -0.05) is 12.6 Å². The number of nitrogens with zero attached hydrogens (tertiary/aromatic N) is 5. The lowest BCUT2D eigenvalue weighted by molar-refractivity contribution is -0.129. The number of aromatic nitrogens is 3. The van der Waals surface area contributed by atoms with E-state index in [2.05, 4.69) is 6.58 Å². The molecular formula is C35H31F2N5O4S. The highest BCUT2D eigenvalue weighted by atomic mass is 32.1. The largest absolute Gasteiger partial charge is 0.490 e. The molecule has 0 aliphatic carbocycles. The first-order valence-corrected chi connectivity index (χ1v) is 16.0. The molecule has 0 radical (unpaired) electrons. The van der Waals surface area contributed by atoms with Gasteiger partial charge in [-0.2, -0.15) is 5.10 Å². The monoisotopic (exact) mass is 655 g/mol. The normalized spacial score (nSPS) is 15.7. The molecule has 2 amide bonds. The van der Waals surface area contributed by atoms with Gasteiger partial charge in [0.15, 0.2) is 0 Å². The smallest absolute Gasteiger partial charge is 0.254 e. The number of halogens is 2. The summed E-state index contributed by atoms with van der Waals surface area (Å²) in [6.45, 7) is 7.12. The van der Waals surface area contributed by atoms with Crippen LogP contribution in [0.4, 0.5) is 8.78 Å². The topological polar surface area (TPSA) is 89.8 Å². The maximum atomic E-state index is 16.0. The van der Waals surface area contributed by atoms with Gasteiger partial charge >= 0.3 is 0 Å². The van der Waals surface area contributed by atoms with Gasteiger partial charge in [0.25, 0.3) is 5.91 Å². The SMILES string of the molecule is C=CC(=O)N1Cc2cc(-c3nc(-c4ccc5c(c4)CN(C)C5=O)c4ccsc4c3-c3c(F)cc(F)cc3OCCOC)nn2C[C@H]1C. The van der Waals surface area contributed by atoms with Crippen LogP contribution in [0.2, 0.25) is 0 Å². The van der Waals surface area contributed by atoms with Gasteiger partial charge in [-0.3, -0.25) is 14.3 Å². The van der Waals surface area contributed by atoms with E-state index in [1.54, 1.807) is 16.8 Å². The zero-order valence-electron chi connectivity index (χ0n) is 26.0. The predicted molar refractivity (Wildman–Crippen MR) is 175 cm³/mol. The zero-order chi connectivity index (χ0) is 33.0. The molecule has 5 heterocycles. The van der Waals surface area contributed by atoms with Crippen molar-refractivity contribution in [2.24, 2.45) is 0 Å². The highest BCUT2D eigenvalue weighted by Crippen LogP contribution is 2.47. The molecule has 0 spiro atoms. The van der Waals surface area contributed by atoms with Crippen LogP contribution >= 0.6 is 11.3 Å². The van der Waals surface area contributed by atoms with Gasteiger partial charge in [0, 0.05) is 65.7 Å². The lowest BCUT2D eigenvalue weighted by Gasteiger charge is -2.33. The summed E-state index contributed by atoms with van der Waals surface area (Å²) in [6, 6.07) is 11.3. The van der Waals surface area contributed by atoms with Crippen LogP contribution < -0.4 is 4.74 Å². The number of fused-ring (bicyclic) bond motifs is 3. The maximum absolute atomic E-state index is 16.0. The molecule has 240 valence electrons. The molecule has 2 aliphatic heterocycles. The molecule has 0 saturated heterocycles. The number of pyridine rings is 1. The Hall–Kier alpha value is -4.94. The third-order valence-corrected chi connectivity index (χ3v) is 9.58. The summed E-state index contributed by atoms with van der Waals surface area (Å²) >= 11 is 1.40. The van der Waals surface area contributed by atoms with E-state index in [-0.39, 0.29) is 42.4 Å². The summed E-state index contributed by atoms with van der Waals surface area (Å²) in [6.07, 6.45) is 1.30. The molecule has 1 atom stereocenters. The molecule has 2 aromatic carbocycles. The molecule has 7 rings (SSSR count). The van der Waals surface area contributed by atoms with Crippen molar-refractivity contribution in [1.82, 2.24) is 24.6 Å². The number of hydrogen-bond acceptors (Lipinski definition) is 7. The fourth-order valence-electron chi connectivity index (χ4n) is 6.37. The average molecular weight is 656 g/mol. The van der Waals surface area contributed by atoms with Crippen LogP contribution in [0, 0.1) is 11.6 Å². The third-order valence-electron chi connectivity index (χ3n) is 8.65. The van der Waals surface area contributed by atoms with Gasteiger partial charge < -0.3 is 19.3 Å². The summed E-state index contributed by atoms with van der Waals surface area (Å²) < 4.78 is 44.3. The molecule has 3 aromatic heterocycles. The van der Waals surface area contributed by atoms with Crippen LogP contribution in [0.1, 0.15) is 28.5 Å². The van der Waals surface area contributed by atoms with E-state index in [9.17, 15) is 14.0 Å². The minimum absolute atomic E-state index is 0.0180. The van der Waals surface area contributed by atoms with Crippen LogP contribution in [0.25, 0.3) is 43.9 Å². The first-order valence-electron chi connectivity index (χ1n) is 15.1. The summed E-state index contributed by atoms with van der Waals surface area (Å²) in [4.78, 5) is 33.8. The molecule has 9 nitrogen and oxygen atoms in total. The van der Waals surface area contributed by atoms with Gasteiger partial charge in [0.1, 0.15) is 35.4 Å². The lowest BCUT2D eigenvalue weighted by atomic mass is 9.95. The number of carbonyl (C=O) groups excluding carboxylic acids is 2. The molecule has 0 fully saturated rings. The molecule has 0 N–H and O–H groups in total. The van der Waals surface area contributed by atoms with E-state index < -0.39 is 11.6 Å². The van der Waals surface area contributed by atoms with Crippen molar-refractivity contribution in [2.75, 3.05) is 27.4 Å². The van der Waals surface area contributed by atoms with Crippen LogP contribution in [-0.4, -0.2) is 69.8 Å². The first-order chi connectivity index (χ1) is 22.7. The summed E-state index contributed by atoms with van der Waals surface area (Å²) in [5.41, 5.74) is 5.07. The summed E-state index contributed by atoms with van der Waals surface area (Å²) in [5, 5.41) is 7.58. The Labute approximate surface area is 273 Å². The molecular weight excluding hydrogens is 624 g/mol. The Morgan fingerprint density at radius 3 is 2.72 bits per heavy atom. The lowest BCUT2D eigenvalue weighted by Crippen LogP contribution is -2.44. The predicted octanol–water partition coefficient (Wildman–Crippen LogP) is 6.30. The number of amides is 2. The molecule has 5 aromatic rings. The van der Waals surface area contributed by atoms with Crippen molar-refractivity contribution >= 4 is 33.2 Å². The highest BCUT2D eigenvalue weighted by molar-refractivity contribution is 7.18. The van der Waals surface area contributed by atoms with Gasteiger partial charge in [-0.25, -0.2) is 13.8 Å². The Morgan fingerprint density at radius 2 is 1.94 bits per heavy atom. The molecule has 2 aliphatic rings. The molecule has 0 saturated carbocycles. The molecule has 0 unspecified atom stereocenters. The Morgan fingerprint density at radius 1 is 1.11 bits per heavy atom. The average Bonchev–Trinajstić information content (AvgIpc) is 3.77. The Balaban J connectivity index is 1.48. The van der Waals surface area contributed by atoms with Crippen molar-refractivity contribution < 1.29 is 27.8 Å². The number of rotatable bonds is 8. The first kappa shape index (κ1) is 30.7. The molecule has 12 heteroatoms. The fourth-order valence-corrected chi connectivity index (χ4v) is 7.31. The second-order valence-electron chi connectivity index (χ2n) is 11.7. The number of thiophene rings is 1. The number of hydrogen-bond donors (Lipinski definition) is 0. The van der Waals surface area contributed by atoms with Crippen molar-refractivity contribution in [3.63, 3.8) is 0 Å². The minimum Gasteiger partial charge on any atom is -0.490 e. The van der Waals surface area contributed by atoms with Crippen LogP contribution in [0.3, 0.4) is 0 Å². The van der Waals surface area contributed by atoms with E-state index in [1.165, 1.54) is 24.5 Å². The van der Waals surface area contributed by atoms with Crippen molar-refractivity contribution in [3.05, 3.63) is 89.0 Å². The second-order valence-corrected chi connectivity index (χ2v) is 12.6. The van der Waals surface area contributed by atoms with Gasteiger partial charge in [0.05, 0.1) is 36.6 Å². The van der Waals surface area contributed by atoms with E-state index in [4.69, 9.17) is 19.6 Å².